The molecule has 0 amide bonds. The summed E-state index contributed by atoms with van der Waals surface area (Å²) < 4.78 is 2.11. The van der Waals surface area contributed by atoms with E-state index in [-0.39, 0.29) is 0 Å². The lowest BCUT2D eigenvalue weighted by atomic mass is 9.49. The van der Waals surface area contributed by atoms with Gasteiger partial charge in [0.1, 0.15) is 5.82 Å². The number of hydrogen-bond acceptors (Lipinski definition) is 2. The molecule has 0 radical (unpaired) electrons. The van der Waals surface area contributed by atoms with E-state index < -0.39 is 0 Å². The summed E-state index contributed by atoms with van der Waals surface area (Å²) in [5.74, 6) is 3.91. The first-order chi connectivity index (χ1) is 9.05. The Kier molecular flexibility index (Phi) is 2.34. The standard InChI is InChI=1S/C16H25N3/c1-10-11(2)18-19(15(10)17)9-16-6-12-3-13(7-16)5-14(4-12)8-16/h12-14H,3-9,17H2,1-2H3. The molecular weight excluding hydrogens is 234 g/mol. The smallest absolute Gasteiger partial charge is 0.124 e. The monoisotopic (exact) mass is 259 g/mol. The molecule has 4 fully saturated rings. The van der Waals surface area contributed by atoms with Gasteiger partial charge in [0.2, 0.25) is 0 Å². The summed E-state index contributed by atoms with van der Waals surface area (Å²) in [4.78, 5) is 0. The Bertz CT molecular complexity index is 479. The van der Waals surface area contributed by atoms with Crippen molar-refractivity contribution in [1.29, 1.82) is 0 Å². The van der Waals surface area contributed by atoms with Crippen molar-refractivity contribution in [2.75, 3.05) is 5.73 Å². The van der Waals surface area contributed by atoms with E-state index in [1.54, 1.807) is 0 Å². The molecule has 4 aliphatic carbocycles. The van der Waals surface area contributed by atoms with E-state index in [1.807, 2.05) is 0 Å². The first-order valence-corrected chi connectivity index (χ1v) is 7.84. The molecule has 0 aliphatic heterocycles. The molecule has 0 unspecified atom stereocenters. The van der Waals surface area contributed by atoms with Crippen LogP contribution in [0.15, 0.2) is 0 Å². The Labute approximate surface area is 115 Å². The Morgan fingerprint density at radius 1 is 1.11 bits per heavy atom. The maximum atomic E-state index is 6.23. The van der Waals surface area contributed by atoms with Gasteiger partial charge in [-0.1, -0.05) is 0 Å². The van der Waals surface area contributed by atoms with Crippen molar-refractivity contribution in [3.63, 3.8) is 0 Å². The number of hydrogen-bond donors (Lipinski definition) is 1. The second-order valence-corrected chi connectivity index (χ2v) is 7.67. The van der Waals surface area contributed by atoms with Gasteiger partial charge in [0.05, 0.1) is 5.69 Å². The lowest BCUT2D eigenvalue weighted by molar-refractivity contribution is -0.0632. The van der Waals surface area contributed by atoms with Gasteiger partial charge in [0.15, 0.2) is 0 Å². The molecule has 1 heterocycles. The maximum Gasteiger partial charge on any atom is 0.124 e. The zero-order valence-corrected chi connectivity index (χ0v) is 12.2. The quantitative estimate of drug-likeness (QED) is 0.885. The van der Waals surface area contributed by atoms with E-state index in [9.17, 15) is 0 Å². The predicted octanol–water partition coefficient (Wildman–Crippen LogP) is 3.30. The van der Waals surface area contributed by atoms with Crippen LogP contribution in [0.5, 0.6) is 0 Å². The fraction of sp³-hybridized carbons (Fsp3) is 0.812. The van der Waals surface area contributed by atoms with Crippen molar-refractivity contribution in [2.45, 2.75) is 58.9 Å². The van der Waals surface area contributed by atoms with Gasteiger partial charge < -0.3 is 5.73 Å². The number of rotatable bonds is 2. The van der Waals surface area contributed by atoms with Crippen LogP contribution in [0.1, 0.15) is 49.8 Å². The minimum absolute atomic E-state index is 0.522. The third kappa shape index (κ3) is 1.73. The topological polar surface area (TPSA) is 43.8 Å². The third-order valence-corrected chi connectivity index (χ3v) is 6.13. The van der Waals surface area contributed by atoms with E-state index >= 15 is 0 Å². The molecule has 1 aromatic rings. The van der Waals surface area contributed by atoms with Gasteiger partial charge in [-0.25, -0.2) is 4.68 Å². The average molecular weight is 259 g/mol. The molecular formula is C16H25N3. The minimum atomic E-state index is 0.522. The normalized spacial score (nSPS) is 40.0. The minimum Gasteiger partial charge on any atom is -0.384 e. The largest absolute Gasteiger partial charge is 0.384 e. The zero-order valence-electron chi connectivity index (χ0n) is 12.2. The SMILES string of the molecule is Cc1nn(CC23CC4CC(CC(C4)C2)C3)c(N)c1C. The Hall–Kier alpha value is -0.990. The van der Waals surface area contributed by atoms with Crippen LogP contribution in [-0.2, 0) is 6.54 Å². The van der Waals surface area contributed by atoms with Gasteiger partial charge in [-0.05, 0) is 75.5 Å². The van der Waals surface area contributed by atoms with Gasteiger partial charge in [0, 0.05) is 12.1 Å². The van der Waals surface area contributed by atoms with Crippen molar-refractivity contribution in [2.24, 2.45) is 23.2 Å². The Balaban J connectivity index is 1.64. The van der Waals surface area contributed by atoms with Crippen LogP contribution in [0.4, 0.5) is 5.82 Å². The van der Waals surface area contributed by atoms with Gasteiger partial charge in [-0.15, -0.1) is 0 Å². The van der Waals surface area contributed by atoms with Crippen molar-refractivity contribution in [3.8, 4) is 0 Å². The lowest BCUT2D eigenvalue weighted by Gasteiger charge is -2.56. The fourth-order valence-corrected chi connectivity index (χ4v) is 5.61. The molecule has 4 aliphatic rings. The van der Waals surface area contributed by atoms with E-state index in [1.165, 1.54) is 44.1 Å². The first-order valence-electron chi connectivity index (χ1n) is 7.84. The molecule has 3 nitrogen and oxygen atoms in total. The summed E-state index contributed by atoms with van der Waals surface area (Å²) in [6.07, 6.45) is 8.80. The number of anilines is 1. The highest BCUT2D eigenvalue weighted by Gasteiger charge is 2.51. The molecule has 5 rings (SSSR count). The molecule has 3 heteroatoms. The lowest BCUT2D eigenvalue weighted by Crippen LogP contribution is -2.48. The second-order valence-electron chi connectivity index (χ2n) is 7.67. The number of aromatic nitrogens is 2. The van der Waals surface area contributed by atoms with Crippen LogP contribution in [-0.4, -0.2) is 9.78 Å². The van der Waals surface area contributed by atoms with Crippen LogP contribution in [0.3, 0.4) is 0 Å². The molecule has 0 atom stereocenters. The molecule has 4 bridgehead atoms. The average Bonchev–Trinajstić information content (AvgIpc) is 2.54. The fourth-order valence-electron chi connectivity index (χ4n) is 5.61. The van der Waals surface area contributed by atoms with Gasteiger partial charge in [-0.3, -0.25) is 0 Å². The van der Waals surface area contributed by atoms with Gasteiger partial charge in [-0.2, -0.15) is 5.10 Å². The van der Waals surface area contributed by atoms with Crippen LogP contribution in [0.25, 0.3) is 0 Å². The van der Waals surface area contributed by atoms with Gasteiger partial charge in [0.25, 0.3) is 0 Å². The maximum absolute atomic E-state index is 6.23. The zero-order chi connectivity index (χ0) is 13.2. The van der Waals surface area contributed by atoms with E-state index in [2.05, 4.69) is 23.6 Å². The summed E-state index contributed by atoms with van der Waals surface area (Å²) in [6, 6.07) is 0. The van der Waals surface area contributed by atoms with E-state index in [0.717, 1.165) is 35.8 Å². The van der Waals surface area contributed by atoms with Crippen LogP contribution >= 0.6 is 0 Å². The van der Waals surface area contributed by atoms with Crippen LogP contribution in [0.2, 0.25) is 0 Å². The third-order valence-electron chi connectivity index (χ3n) is 6.13. The number of nitrogens with two attached hydrogens (primary N) is 1. The highest BCUT2D eigenvalue weighted by molar-refractivity contribution is 5.41. The van der Waals surface area contributed by atoms with Gasteiger partial charge >= 0.3 is 0 Å². The summed E-state index contributed by atoms with van der Waals surface area (Å²) in [7, 11) is 0. The summed E-state index contributed by atoms with van der Waals surface area (Å²) in [5, 5.41) is 4.68. The van der Waals surface area contributed by atoms with Crippen LogP contribution in [0, 0.1) is 37.0 Å². The molecule has 104 valence electrons. The first kappa shape index (κ1) is 11.8. The molecule has 0 aromatic carbocycles. The van der Waals surface area contributed by atoms with E-state index in [4.69, 9.17) is 5.73 Å². The summed E-state index contributed by atoms with van der Waals surface area (Å²) >= 11 is 0. The van der Waals surface area contributed by atoms with Crippen LogP contribution < -0.4 is 5.73 Å². The van der Waals surface area contributed by atoms with E-state index in [0.29, 0.717) is 5.41 Å². The Morgan fingerprint density at radius 3 is 2.05 bits per heavy atom. The summed E-state index contributed by atoms with van der Waals surface area (Å²) in [6.45, 7) is 5.23. The van der Waals surface area contributed by atoms with Crippen molar-refractivity contribution < 1.29 is 0 Å². The molecule has 2 N–H and O–H groups in total. The molecule has 0 saturated heterocycles. The van der Waals surface area contributed by atoms with Crippen molar-refractivity contribution in [3.05, 3.63) is 11.3 Å². The number of nitrogen functional groups attached to an aromatic ring is 1. The van der Waals surface area contributed by atoms with Crippen molar-refractivity contribution in [1.82, 2.24) is 9.78 Å². The molecule has 1 aromatic heterocycles. The molecule has 19 heavy (non-hydrogen) atoms. The predicted molar refractivity (Wildman–Crippen MR) is 76.7 cm³/mol. The highest BCUT2D eigenvalue weighted by Crippen LogP contribution is 2.60. The number of aryl methyl sites for hydroxylation is 1. The molecule has 4 saturated carbocycles. The number of nitrogens with zero attached hydrogens (tertiary/aromatic N) is 2. The van der Waals surface area contributed by atoms with Crippen molar-refractivity contribution >= 4 is 5.82 Å². The summed E-state index contributed by atoms with van der Waals surface area (Å²) in [5.41, 5.74) is 9.03. The molecule has 0 spiro atoms. The highest BCUT2D eigenvalue weighted by atomic mass is 15.3. The Morgan fingerprint density at radius 2 is 1.63 bits per heavy atom. The second kappa shape index (κ2) is 3.77.